The third-order valence-corrected chi connectivity index (χ3v) is 6.14. The second-order valence-corrected chi connectivity index (χ2v) is 8.55. The van der Waals surface area contributed by atoms with E-state index in [-0.39, 0.29) is 17.2 Å². The number of carbonyl (C=O) groups excluding carboxylic acids is 1. The van der Waals surface area contributed by atoms with Gasteiger partial charge in [0.25, 0.3) is 10.0 Å². The summed E-state index contributed by atoms with van der Waals surface area (Å²) in [4.78, 5) is 12.4. The topological polar surface area (TPSA) is 87.6 Å². The third kappa shape index (κ3) is 4.58. The molecule has 0 fully saturated rings. The molecule has 6 nitrogen and oxygen atoms in total. The number of benzene rings is 3. The van der Waals surface area contributed by atoms with Crippen LogP contribution in [0.4, 0.5) is 11.4 Å². The summed E-state index contributed by atoms with van der Waals surface area (Å²) in [5.74, 6) is 0.232. The number of para-hydroxylation sites is 1. The van der Waals surface area contributed by atoms with Gasteiger partial charge in [-0.1, -0.05) is 54.6 Å². The fraction of sp³-hybridized carbons (Fsp3) is 0.130. The molecule has 1 aliphatic rings. The maximum Gasteiger partial charge on any atom is 0.286 e. The standard InChI is InChI=1S/C23H21N3O3S/c27-23(24-19-15-13-18(14-16-19)17-7-2-1-3-8-17)12-6-11-22-25-20-9-4-5-10-21(20)30(28,29)26-22/h1-5,7-10,13-16H,6,11-12H2,(H,24,27)(H,25,26). The van der Waals surface area contributed by atoms with Gasteiger partial charge in [-0.3, -0.25) is 4.79 Å². The second kappa shape index (κ2) is 8.51. The highest BCUT2D eigenvalue weighted by molar-refractivity contribution is 7.90. The summed E-state index contributed by atoms with van der Waals surface area (Å²) in [7, 11) is -3.69. The Morgan fingerprint density at radius 3 is 2.30 bits per heavy atom. The lowest BCUT2D eigenvalue weighted by atomic mass is 10.1. The van der Waals surface area contributed by atoms with Crippen molar-refractivity contribution >= 4 is 33.1 Å². The summed E-state index contributed by atoms with van der Waals surface area (Å²) >= 11 is 0. The van der Waals surface area contributed by atoms with E-state index in [0.717, 1.165) is 16.8 Å². The average molecular weight is 420 g/mol. The SMILES string of the molecule is O=C(CCCC1=NS(=O)(=O)c2ccccc2N1)Nc1ccc(-c2ccccc2)cc1. The minimum atomic E-state index is -3.69. The molecule has 0 radical (unpaired) electrons. The molecular formula is C23H21N3O3S. The smallest absolute Gasteiger partial charge is 0.286 e. The zero-order valence-electron chi connectivity index (χ0n) is 16.2. The molecule has 1 amide bonds. The van der Waals surface area contributed by atoms with E-state index >= 15 is 0 Å². The van der Waals surface area contributed by atoms with Crippen molar-refractivity contribution in [2.24, 2.45) is 4.40 Å². The van der Waals surface area contributed by atoms with Crippen LogP contribution in [0.25, 0.3) is 11.1 Å². The molecule has 7 heteroatoms. The van der Waals surface area contributed by atoms with E-state index in [1.165, 1.54) is 6.07 Å². The van der Waals surface area contributed by atoms with Gasteiger partial charge in [-0.05, 0) is 41.8 Å². The molecule has 0 atom stereocenters. The lowest BCUT2D eigenvalue weighted by Gasteiger charge is -2.17. The van der Waals surface area contributed by atoms with Gasteiger partial charge in [0.05, 0.1) is 5.69 Å². The quantitative estimate of drug-likeness (QED) is 0.607. The van der Waals surface area contributed by atoms with Gasteiger partial charge in [0.1, 0.15) is 10.7 Å². The van der Waals surface area contributed by atoms with E-state index in [4.69, 9.17) is 0 Å². The predicted molar refractivity (Wildman–Crippen MR) is 119 cm³/mol. The third-order valence-electron chi connectivity index (χ3n) is 4.77. The molecule has 152 valence electrons. The molecular weight excluding hydrogens is 398 g/mol. The average Bonchev–Trinajstić information content (AvgIpc) is 2.74. The minimum Gasteiger partial charge on any atom is -0.342 e. The first-order valence-corrected chi connectivity index (χ1v) is 11.1. The molecule has 0 bridgehead atoms. The van der Waals surface area contributed by atoms with Crippen molar-refractivity contribution in [1.82, 2.24) is 0 Å². The highest BCUT2D eigenvalue weighted by atomic mass is 32.2. The number of amides is 1. The number of hydrogen-bond donors (Lipinski definition) is 2. The second-order valence-electron chi connectivity index (χ2n) is 6.98. The van der Waals surface area contributed by atoms with Crippen molar-refractivity contribution in [1.29, 1.82) is 0 Å². The monoisotopic (exact) mass is 419 g/mol. The molecule has 3 aromatic carbocycles. The van der Waals surface area contributed by atoms with Gasteiger partial charge in [0.15, 0.2) is 0 Å². The van der Waals surface area contributed by atoms with E-state index < -0.39 is 10.0 Å². The van der Waals surface area contributed by atoms with Gasteiger partial charge >= 0.3 is 0 Å². The molecule has 1 heterocycles. The molecule has 3 aromatic rings. The fourth-order valence-corrected chi connectivity index (χ4v) is 4.46. The number of carbonyl (C=O) groups is 1. The number of fused-ring (bicyclic) bond motifs is 1. The van der Waals surface area contributed by atoms with Crippen molar-refractivity contribution in [2.75, 3.05) is 10.6 Å². The lowest BCUT2D eigenvalue weighted by Crippen LogP contribution is -2.22. The summed E-state index contributed by atoms with van der Waals surface area (Å²) in [5, 5.41) is 5.91. The highest BCUT2D eigenvalue weighted by Gasteiger charge is 2.23. The number of hydrogen-bond acceptors (Lipinski definition) is 4. The molecule has 0 unspecified atom stereocenters. The number of amidine groups is 1. The van der Waals surface area contributed by atoms with E-state index in [2.05, 4.69) is 15.0 Å². The van der Waals surface area contributed by atoms with Gasteiger partial charge < -0.3 is 10.6 Å². The minimum absolute atomic E-state index is 0.123. The number of rotatable bonds is 6. The Kier molecular flexibility index (Phi) is 5.63. The number of nitrogens with zero attached hydrogens (tertiary/aromatic N) is 1. The molecule has 0 saturated heterocycles. The van der Waals surface area contributed by atoms with Crippen LogP contribution in [0.15, 0.2) is 88.2 Å². The van der Waals surface area contributed by atoms with Gasteiger partial charge in [-0.2, -0.15) is 8.42 Å². The summed E-state index contributed by atoms with van der Waals surface area (Å²) in [6.45, 7) is 0. The van der Waals surface area contributed by atoms with Crippen molar-refractivity contribution in [3.8, 4) is 11.1 Å². The summed E-state index contributed by atoms with van der Waals surface area (Å²) < 4.78 is 28.3. The van der Waals surface area contributed by atoms with Crippen LogP contribution in [0, 0.1) is 0 Å². The Labute approximate surface area is 175 Å². The predicted octanol–water partition coefficient (Wildman–Crippen LogP) is 4.68. The Morgan fingerprint density at radius 2 is 1.53 bits per heavy atom. The number of anilines is 2. The van der Waals surface area contributed by atoms with E-state index in [1.807, 2.05) is 54.6 Å². The highest BCUT2D eigenvalue weighted by Crippen LogP contribution is 2.27. The van der Waals surface area contributed by atoms with Crippen LogP contribution >= 0.6 is 0 Å². The first-order chi connectivity index (χ1) is 14.5. The molecule has 4 rings (SSSR count). The zero-order chi connectivity index (χ0) is 21.0. The van der Waals surface area contributed by atoms with Crippen LogP contribution in [0.1, 0.15) is 19.3 Å². The number of nitrogens with one attached hydrogen (secondary N) is 2. The van der Waals surface area contributed by atoms with Crippen molar-refractivity contribution in [2.45, 2.75) is 24.2 Å². The van der Waals surface area contributed by atoms with Crippen molar-refractivity contribution < 1.29 is 13.2 Å². The van der Waals surface area contributed by atoms with Crippen LogP contribution < -0.4 is 10.6 Å². The maximum absolute atomic E-state index is 12.2. The van der Waals surface area contributed by atoms with Crippen LogP contribution in [-0.2, 0) is 14.8 Å². The first-order valence-electron chi connectivity index (χ1n) is 9.66. The van der Waals surface area contributed by atoms with E-state index in [1.54, 1.807) is 18.2 Å². The summed E-state index contributed by atoms with van der Waals surface area (Å²) in [5.41, 5.74) is 3.44. The van der Waals surface area contributed by atoms with Crippen molar-refractivity contribution in [3.05, 3.63) is 78.9 Å². The summed E-state index contributed by atoms with van der Waals surface area (Å²) in [6, 6.07) is 24.3. The molecule has 2 N–H and O–H groups in total. The molecule has 1 aliphatic heterocycles. The first kappa shape index (κ1) is 19.8. The summed E-state index contributed by atoms with van der Waals surface area (Å²) in [6.07, 6.45) is 1.12. The Morgan fingerprint density at radius 1 is 0.867 bits per heavy atom. The van der Waals surface area contributed by atoms with Crippen LogP contribution in [-0.4, -0.2) is 20.2 Å². The molecule has 0 aliphatic carbocycles. The Hall–Kier alpha value is -3.45. The fourth-order valence-electron chi connectivity index (χ4n) is 3.29. The van der Waals surface area contributed by atoms with Crippen LogP contribution in [0.2, 0.25) is 0 Å². The van der Waals surface area contributed by atoms with Gasteiger partial charge in [-0.15, -0.1) is 4.40 Å². The molecule has 0 spiro atoms. The van der Waals surface area contributed by atoms with Gasteiger partial charge in [0, 0.05) is 18.5 Å². The number of sulfonamides is 1. The molecule has 30 heavy (non-hydrogen) atoms. The largest absolute Gasteiger partial charge is 0.342 e. The molecule has 0 aromatic heterocycles. The maximum atomic E-state index is 12.2. The van der Waals surface area contributed by atoms with Crippen molar-refractivity contribution in [3.63, 3.8) is 0 Å². The van der Waals surface area contributed by atoms with Gasteiger partial charge in [-0.25, -0.2) is 0 Å². The molecule has 0 saturated carbocycles. The van der Waals surface area contributed by atoms with E-state index in [9.17, 15) is 13.2 Å². The zero-order valence-corrected chi connectivity index (χ0v) is 17.0. The lowest BCUT2D eigenvalue weighted by molar-refractivity contribution is -0.116. The van der Waals surface area contributed by atoms with Gasteiger partial charge in [0.2, 0.25) is 5.91 Å². The van der Waals surface area contributed by atoms with E-state index in [0.29, 0.717) is 24.4 Å². The van der Waals surface area contributed by atoms with Crippen LogP contribution in [0.3, 0.4) is 0 Å². The Balaban J connectivity index is 1.30. The normalized spacial score (nSPS) is 14.2. The van der Waals surface area contributed by atoms with Crippen LogP contribution in [0.5, 0.6) is 0 Å². The Bertz CT molecular complexity index is 1190.